The fourth-order valence-electron chi connectivity index (χ4n) is 2.79. The smallest absolute Gasteiger partial charge is 0.239 e. The third-order valence-electron chi connectivity index (χ3n) is 4.26. The van der Waals surface area contributed by atoms with Crippen molar-refractivity contribution in [3.63, 3.8) is 0 Å². The van der Waals surface area contributed by atoms with Crippen LogP contribution in [0, 0.1) is 5.41 Å². The van der Waals surface area contributed by atoms with Gasteiger partial charge in [-0.25, -0.2) is 0 Å². The second-order valence-corrected chi connectivity index (χ2v) is 5.80. The van der Waals surface area contributed by atoms with Crippen LogP contribution < -0.4 is 5.32 Å². The summed E-state index contributed by atoms with van der Waals surface area (Å²) in [6.45, 7) is 5.77. The van der Waals surface area contributed by atoms with E-state index in [0.717, 1.165) is 45.5 Å². The minimum atomic E-state index is 0.0724. The van der Waals surface area contributed by atoms with Crippen LogP contribution in [0.15, 0.2) is 0 Å². The summed E-state index contributed by atoms with van der Waals surface area (Å²) in [4.78, 5) is 14.3. The average molecular weight is 254 g/mol. The molecule has 0 radical (unpaired) electrons. The minimum absolute atomic E-state index is 0.0724. The number of carbonyl (C=O) groups is 1. The first-order valence-corrected chi connectivity index (χ1v) is 7.22. The molecule has 104 valence electrons. The lowest BCUT2D eigenvalue weighted by molar-refractivity contribution is -0.130. The van der Waals surface area contributed by atoms with E-state index in [1.165, 1.54) is 12.8 Å². The maximum absolute atomic E-state index is 12.2. The van der Waals surface area contributed by atoms with Crippen molar-refractivity contribution in [1.29, 1.82) is 0 Å². The molecule has 1 unspecified atom stereocenters. The van der Waals surface area contributed by atoms with Crippen LogP contribution in [0.2, 0.25) is 0 Å². The van der Waals surface area contributed by atoms with Crippen molar-refractivity contribution in [2.45, 2.75) is 45.1 Å². The predicted molar refractivity (Wildman–Crippen MR) is 71.4 cm³/mol. The first kappa shape index (κ1) is 13.8. The van der Waals surface area contributed by atoms with Gasteiger partial charge in [0.1, 0.15) is 0 Å². The number of nitrogens with one attached hydrogen (secondary N) is 1. The maximum Gasteiger partial charge on any atom is 0.239 e. The molecule has 0 aromatic carbocycles. The molecular weight excluding hydrogens is 228 g/mol. The van der Waals surface area contributed by atoms with Crippen molar-refractivity contribution in [2.75, 3.05) is 33.4 Å². The number of nitrogens with zero attached hydrogens (tertiary/aromatic N) is 1. The van der Waals surface area contributed by atoms with Gasteiger partial charge in [0.05, 0.1) is 6.04 Å². The Kier molecular flexibility index (Phi) is 4.62. The van der Waals surface area contributed by atoms with Crippen LogP contribution in [0.5, 0.6) is 0 Å². The van der Waals surface area contributed by atoms with Gasteiger partial charge >= 0.3 is 0 Å². The molecule has 18 heavy (non-hydrogen) atoms. The van der Waals surface area contributed by atoms with Gasteiger partial charge in [-0.15, -0.1) is 0 Å². The lowest BCUT2D eigenvalue weighted by Crippen LogP contribution is -2.40. The van der Waals surface area contributed by atoms with Gasteiger partial charge in [0, 0.05) is 26.8 Å². The van der Waals surface area contributed by atoms with Crippen LogP contribution in [0.4, 0.5) is 0 Å². The second kappa shape index (κ2) is 6.02. The van der Waals surface area contributed by atoms with E-state index in [0.29, 0.717) is 11.3 Å². The Hall–Kier alpha value is -0.610. The van der Waals surface area contributed by atoms with Gasteiger partial charge < -0.3 is 15.0 Å². The highest BCUT2D eigenvalue weighted by molar-refractivity contribution is 5.84. The van der Waals surface area contributed by atoms with Gasteiger partial charge in [0.25, 0.3) is 0 Å². The molecule has 4 nitrogen and oxygen atoms in total. The monoisotopic (exact) mass is 254 g/mol. The molecule has 0 aromatic heterocycles. The average Bonchev–Trinajstić information content (AvgIpc) is 3.06. The summed E-state index contributed by atoms with van der Waals surface area (Å²) in [5.41, 5.74) is 0.380. The molecule has 1 aliphatic carbocycles. The van der Waals surface area contributed by atoms with Gasteiger partial charge in [-0.05, 0) is 44.1 Å². The highest BCUT2D eigenvalue weighted by atomic mass is 16.5. The quantitative estimate of drug-likeness (QED) is 0.712. The van der Waals surface area contributed by atoms with Crippen LogP contribution in [0.25, 0.3) is 0 Å². The topological polar surface area (TPSA) is 41.6 Å². The Balaban J connectivity index is 1.79. The summed E-state index contributed by atoms with van der Waals surface area (Å²) in [6.07, 6.45) is 5.67. The Bertz CT molecular complexity index is 290. The molecule has 0 aromatic rings. The molecular formula is C14H26N2O2. The zero-order valence-electron chi connectivity index (χ0n) is 11.7. The summed E-state index contributed by atoms with van der Waals surface area (Å²) in [7, 11) is 1.75. The molecule has 0 spiro atoms. The zero-order chi connectivity index (χ0) is 13.0. The van der Waals surface area contributed by atoms with Crippen molar-refractivity contribution in [1.82, 2.24) is 10.2 Å². The van der Waals surface area contributed by atoms with E-state index in [1.54, 1.807) is 7.11 Å². The summed E-state index contributed by atoms with van der Waals surface area (Å²) in [6, 6.07) is 0.0724. The van der Waals surface area contributed by atoms with Crippen molar-refractivity contribution < 1.29 is 9.53 Å². The highest BCUT2D eigenvalue weighted by Crippen LogP contribution is 2.49. The van der Waals surface area contributed by atoms with Crippen molar-refractivity contribution >= 4 is 5.91 Å². The Morgan fingerprint density at radius 3 is 2.89 bits per heavy atom. The van der Waals surface area contributed by atoms with Crippen molar-refractivity contribution in [3.05, 3.63) is 0 Å². The number of ether oxygens (including phenoxy) is 1. The zero-order valence-corrected chi connectivity index (χ0v) is 11.7. The van der Waals surface area contributed by atoms with Gasteiger partial charge in [-0.1, -0.05) is 6.92 Å². The first-order chi connectivity index (χ1) is 8.71. The molecule has 2 rings (SSSR count). The number of rotatable bonds is 8. The lowest BCUT2D eigenvalue weighted by Gasteiger charge is -2.23. The predicted octanol–water partition coefficient (Wildman–Crippen LogP) is 1.40. The normalized spacial score (nSPS) is 25.8. The van der Waals surface area contributed by atoms with Crippen molar-refractivity contribution in [2.24, 2.45) is 5.41 Å². The fourth-order valence-corrected chi connectivity index (χ4v) is 2.79. The minimum Gasteiger partial charge on any atom is -0.385 e. The van der Waals surface area contributed by atoms with Gasteiger partial charge in [-0.3, -0.25) is 4.79 Å². The van der Waals surface area contributed by atoms with E-state index in [2.05, 4.69) is 17.1 Å². The number of amides is 1. The van der Waals surface area contributed by atoms with E-state index in [4.69, 9.17) is 4.74 Å². The molecule has 1 heterocycles. The SMILES string of the molecule is CCCNC1CCN(CC2(CCOC)CC2)C1=O. The van der Waals surface area contributed by atoms with Gasteiger partial charge in [0.15, 0.2) is 0 Å². The molecule has 0 bridgehead atoms. The largest absolute Gasteiger partial charge is 0.385 e. The van der Waals surface area contributed by atoms with Gasteiger partial charge in [-0.2, -0.15) is 0 Å². The van der Waals surface area contributed by atoms with Crippen LogP contribution in [0.3, 0.4) is 0 Å². The van der Waals surface area contributed by atoms with Crippen LogP contribution >= 0.6 is 0 Å². The molecule has 1 amide bonds. The van der Waals surface area contributed by atoms with Crippen LogP contribution in [0.1, 0.15) is 39.0 Å². The number of hydrogen-bond donors (Lipinski definition) is 1. The molecule has 1 N–H and O–H groups in total. The lowest BCUT2D eigenvalue weighted by atomic mass is 10.0. The molecule has 2 aliphatic rings. The first-order valence-electron chi connectivity index (χ1n) is 7.22. The van der Waals surface area contributed by atoms with Crippen LogP contribution in [-0.4, -0.2) is 50.2 Å². The number of likely N-dealkylation sites (tertiary alicyclic amines) is 1. The Morgan fingerprint density at radius 2 is 2.28 bits per heavy atom. The third kappa shape index (κ3) is 3.23. The summed E-state index contributed by atoms with van der Waals surface area (Å²) < 4.78 is 5.17. The molecule has 1 saturated heterocycles. The van der Waals surface area contributed by atoms with E-state index >= 15 is 0 Å². The second-order valence-electron chi connectivity index (χ2n) is 5.80. The number of methoxy groups -OCH3 is 1. The van der Waals surface area contributed by atoms with E-state index in [-0.39, 0.29) is 6.04 Å². The number of carbonyl (C=O) groups excluding carboxylic acids is 1. The Morgan fingerprint density at radius 1 is 1.50 bits per heavy atom. The van der Waals surface area contributed by atoms with Gasteiger partial charge in [0.2, 0.25) is 5.91 Å². The summed E-state index contributed by atoms with van der Waals surface area (Å²) in [5.74, 6) is 0.312. The molecule has 2 fully saturated rings. The van der Waals surface area contributed by atoms with E-state index in [9.17, 15) is 4.79 Å². The standard InChI is InChI=1S/C14H26N2O2/c1-3-8-15-12-4-9-16(13(12)17)11-14(5-6-14)7-10-18-2/h12,15H,3-11H2,1-2H3. The summed E-state index contributed by atoms with van der Waals surface area (Å²) >= 11 is 0. The number of hydrogen-bond acceptors (Lipinski definition) is 3. The molecule has 1 saturated carbocycles. The summed E-state index contributed by atoms with van der Waals surface area (Å²) in [5, 5.41) is 3.34. The molecule has 1 atom stereocenters. The molecule has 1 aliphatic heterocycles. The van der Waals surface area contributed by atoms with E-state index in [1.807, 2.05) is 0 Å². The Labute approximate surface area is 110 Å². The fraction of sp³-hybridized carbons (Fsp3) is 0.929. The highest BCUT2D eigenvalue weighted by Gasteiger charge is 2.46. The molecule has 4 heteroatoms. The van der Waals surface area contributed by atoms with Crippen molar-refractivity contribution in [3.8, 4) is 0 Å². The maximum atomic E-state index is 12.2. The van der Waals surface area contributed by atoms with Crippen LogP contribution in [-0.2, 0) is 9.53 Å². The van der Waals surface area contributed by atoms with E-state index < -0.39 is 0 Å². The third-order valence-corrected chi connectivity index (χ3v) is 4.26.